The normalized spacial score (nSPS) is 11.1. The zero-order chi connectivity index (χ0) is 15.0. The molecule has 1 aromatic heterocycles. The molecule has 6 nitrogen and oxygen atoms in total. The Balaban J connectivity index is 2.45. The summed E-state index contributed by atoms with van der Waals surface area (Å²) in [7, 11) is 0. The number of hydrogen-bond donors (Lipinski definition) is 1. The third-order valence-electron chi connectivity index (χ3n) is 3.00. The highest BCUT2D eigenvalue weighted by molar-refractivity contribution is 5.88. The molecule has 0 fully saturated rings. The number of ether oxygens (including phenoxy) is 1. The van der Waals surface area contributed by atoms with E-state index in [9.17, 15) is 4.79 Å². The van der Waals surface area contributed by atoms with Crippen LogP contribution < -0.4 is 0 Å². The molecule has 0 aliphatic rings. The second-order valence-corrected chi connectivity index (χ2v) is 5.38. The highest BCUT2D eigenvalue weighted by atomic mass is 16.5. The van der Waals surface area contributed by atoms with Crippen molar-refractivity contribution >= 4 is 5.97 Å². The van der Waals surface area contributed by atoms with Crippen LogP contribution in [0.1, 0.15) is 55.7 Å². The van der Waals surface area contributed by atoms with E-state index >= 15 is 0 Å². The molecule has 1 aromatic rings. The van der Waals surface area contributed by atoms with Crippen LogP contribution in [0.15, 0.2) is 0 Å². The van der Waals surface area contributed by atoms with Crippen molar-refractivity contribution in [3.05, 3.63) is 11.4 Å². The van der Waals surface area contributed by atoms with Crippen molar-refractivity contribution in [3.63, 3.8) is 0 Å². The maximum Gasteiger partial charge on any atom is 0.360 e. The molecule has 0 aromatic carbocycles. The number of aromatic nitrogens is 3. The lowest BCUT2D eigenvalue weighted by atomic mass is 10.2. The van der Waals surface area contributed by atoms with Crippen molar-refractivity contribution in [3.8, 4) is 0 Å². The van der Waals surface area contributed by atoms with Crippen LogP contribution >= 0.6 is 0 Å². The van der Waals surface area contributed by atoms with E-state index in [1.54, 1.807) is 4.68 Å². The molecule has 0 aliphatic heterocycles. The predicted octanol–water partition coefficient (Wildman–Crippen LogP) is 1.95. The lowest BCUT2D eigenvalue weighted by Crippen LogP contribution is -2.12. The third kappa shape index (κ3) is 5.28. The molecule has 20 heavy (non-hydrogen) atoms. The van der Waals surface area contributed by atoms with Crippen molar-refractivity contribution < 1.29 is 14.6 Å². The van der Waals surface area contributed by atoms with Gasteiger partial charge in [0, 0.05) is 13.2 Å². The summed E-state index contributed by atoms with van der Waals surface area (Å²) >= 11 is 0. The van der Waals surface area contributed by atoms with Gasteiger partial charge in [-0.1, -0.05) is 31.9 Å². The van der Waals surface area contributed by atoms with Gasteiger partial charge in [0.2, 0.25) is 0 Å². The van der Waals surface area contributed by atoms with Crippen molar-refractivity contribution in [1.29, 1.82) is 0 Å². The molecule has 0 radical (unpaired) electrons. The molecule has 1 rings (SSSR count). The number of unbranched alkanes of at least 4 members (excludes halogenated alkanes) is 3. The van der Waals surface area contributed by atoms with Gasteiger partial charge in [-0.2, -0.15) is 0 Å². The van der Waals surface area contributed by atoms with Gasteiger partial charge in [-0.15, -0.1) is 5.10 Å². The number of aliphatic hydroxyl groups excluding tert-OH is 1. The number of aliphatic hydroxyl groups is 1. The average molecular weight is 283 g/mol. The number of carbonyl (C=O) groups excluding carboxylic acids is 1. The topological polar surface area (TPSA) is 77.2 Å². The second-order valence-electron chi connectivity index (χ2n) is 5.38. The molecule has 0 unspecified atom stereocenters. The van der Waals surface area contributed by atoms with Gasteiger partial charge in [0.1, 0.15) is 0 Å². The third-order valence-corrected chi connectivity index (χ3v) is 3.00. The quantitative estimate of drug-likeness (QED) is 0.553. The fraction of sp³-hybridized carbons (Fsp3) is 0.786. The Morgan fingerprint density at radius 2 is 2.00 bits per heavy atom. The smallest absolute Gasteiger partial charge is 0.360 e. The molecular formula is C14H25N3O3. The summed E-state index contributed by atoms with van der Waals surface area (Å²) in [5.74, 6) is -0.0939. The number of aryl methyl sites for hydroxylation is 1. The Labute approximate surface area is 120 Å². The molecule has 0 amide bonds. The summed E-state index contributed by atoms with van der Waals surface area (Å²) in [6, 6.07) is 0. The standard InChI is InChI=1S/C14H25N3O3/c1-11(2)10-20-14(19)13-12(3)17(16-15-13)8-6-4-5-7-9-18/h11,18H,4-10H2,1-3H3. The van der Waals surface area contributed by atoms with Gasteiger partial charge < -0.3 is 9.84 Å². The first-order valence-electron chi connectivity index (χ1n) is 7.24. The van der Waals surface area contributed by atoms with Gasteiger partial charge >= 0.3 is 5.97 Å². The zero-order valence-corrected chi connectivity index (χ0v) is 12.6. The van der Waals surface area contributed by atoms with Gasteiger partial charge in [0.05, 0.1) is 12.3 Å². The van der Waals surface area contributed by atoms with Gasteiger partial charge in [-0.05, 0) is 25.7 Å². The van der Waals surface area contributed by atoms with Gasteiger partial charge in [0.25, 0.3) is 0 Å². The Morgan fingerprint density at radius 3 is 2.65 bits per heavy atom. The highest BCUT2D eigenvalue weighted by Gasteiger charge is 2.17. The Hall–Kier alpha value is -1.43. The fourth-order valence-electron chi connectivity index (χ4n) is 1.80. The maximum atomic E-state index is 11.8. The van der Waals surface area contributed by atoms with Crippen LogP contribution in [0.3, 0.4) is 0 Å². The molecular weight excluding hydrogens is 258 g/mol. The van der Waals surface area contributed by atoms with E-state index in [0.717, 1.165) is 37.9 Å². The lowest BCUT2D eigenvalue weighted by molar-refractivity contribution is 0.0451. The van der Waals surface area contributed by atoms with Crippen LogP contribution in [0, 0.1) is 12.8 Å². The van der Waals surface area contributed by atoms with Gasteiger partial charge in [-0.3, -0.25) is 0 Å². The van der Waals surface area contributed by atoms with Crippen LogP contribution in [0.25, 0.3) is 0 Å². The molecule has 114 valence electrons. The number of rotatable bonds is 9. The number of carbonyl (C=O) groups is 1. The monoisotopic (exact) mass is 283 g/mol. The second kappa shape index (κ2) is 8.68. The maximum absolute atomic E-state index is 11.8. The predicted molar refractivity (Wildman–Crippen MR) is 75.4 cm³/mol. The summed E-state index contributed by atoms with van der Waals surface area (Å²) in [5, 5.41) is 16.6. The van der Waals surface area contributed by atoms with Gasteiger partial charge in [0.15, 0.2) is 5.69 Å². The van der Waals surface area contributed by atoms with Crippen molar-refractivity contribution in [2.45, 2.75) is 53.0 Å². The summed E-state index contributed by atoms with van der Waals surface area (Å²) < 4.78 is 6.90. The van der Waals surface area contributed by atoms with Crippen LogP contribution in [-0.4, -0.2) is 39.3 Å². The average Bonchev–Trinajstić information content (AvgIpc) is 2.77. The Kier molecular flexibility index (Phi) is 7.22. The van der Waals surface area contributed by atoms with E-state index in [4.69, 9.17) is 9.84 Å². The first-order chi connectivity index (χ1) is 9.56. The molecule has 0 saturated carbocycles. The first kappa shape index (κ1) is 16.6. The van der Waals surface area contributed by atoms with Gasteiger partial charge in [-0.25, -0.2) is 9.48 Å². The molecule has 1 heterocycles. The minimum Gasteiger partial charge on any atom is -0.461 e. The van der Waals surface area contributed by atoms with E-state index in [2.05, 4.69) is 10.3 Å². The summed E-state index contributed by atoms with van der Waals surface area (Å²) in [6.07, 6.45) is 3.84. The van der Waals surface area contributed by atoms with Crippen molar-refractivity contribution in [1.82, 2.24) is 15.0 Å². The summed E-state index contributed by atoms with van der Waals surface area (Å²) in [5.41, 5.74) is 1.06. The summed E-state index contributed by atoms with van der Waals surface area (Å²) in [6.45, 7) is 7.19. The fourth-order valence-corrected chi connectivity index (χ4v) is 1.80. The van der Waals surface area contributed by atoms with E-state index in [1.807, 2.05) is 20.8 Å². The minimum atomic E-state index is -0.400. The molecule has 0 bridgehead atoms. The first-order valence-corrected chi connectivity index (χ1v) is 7.24. The van der Waals surface area contributed by atoms with Crippen LogP contribution in [-0.2, 0) is 11.3 Å². The zero-order valence-electron chi connectivity index (χ0n) is 12.6. The molecule has 0 aliphatic carbocycles. The van der Waals surface area contributed by atoms with E-state index in [1.165, 1.54) is 0 Å². The van der Waals surface area contributed by atoms with Crippen LogP contribution in [0.4, 0.5) is 0 Å². The van der Waals surface area contributed by atoms with Crippen LogP contribution in [0.2, 0.25) is 0 Å². The molecule has 1 N–H and O–H groups in total. The Bertz CT molecular complexity index is 416. The highest BCUT2D eigenvalue weighted by Crippen LogP contribution is 2.09. The SMILES string of the molecule is Cc1c(C(=O)OCC(C)C)nnn1CCCCCCO. The lowest BCUT2D eigenvalue weighted by Gasteiger charge is -2.06. The molecule has 6 heteroatoms. The number of hydrogen-bond acceptors (Lipinski definition) is 5. The van der Waals surface area contributed by atoms with E-state index in [0.29, 0.717) is 18.2 Å². The van der Waals surface area contributed by atoms with Crippen molar-refractivity contribution in [2.75, 3.05) is 13.2 Å². The molecule has 0 atom stereocenters. The molecule has 0 saturated heterocycles. The largest absolute Gasteiger partial charge is 0.461 e. The van der Waals surface area contributed by atoms with E-state index in [-0.39, 0.29) is 6.61 Å². The Morgan fingerprint density at radius 1 is 1.30 bits per heavy atom. The van der Waals surface area contributed by atoms with E-state index < -0.39 is 5.97 Å². The minimum absolute atomic E-state index is 0.244. The molecule has 0 spiro atoms. The summed E-state index contributed by atoms with van der Waals surface area (Å²) in [4.78, 5) is 11.8. The van der Waals surface area contributed by atoms with Crippen molar-refractivity contribution in [2.24, 2.45) is 5.92 Å². The number of nitrogens with zero attached hydrogens (tertiary/aromatic N) is 3. The van der Waals surface area contributed by atoms with Crippen LogP contribution in [0.5, 0.6) is 0 Å². The number of esters is 1.